The fourth-order valence-electron chi connectivity index (χ4n) is 4.10. The third-order valence-electron chi connectivity index (χ3n) is 5.76. The maximum atomic E-state index is 12.9. The minimum absolute atomic E-state index is 0.0379. The number of Topliss-reactive ketones (excluding diaryl/α,β-unsaturated/α-hetero) is 1. The molecule has 0 unspecified atom stereocenters. The molecule has 1 heterocycles. The number of allylic oxidation sites excluding steroid dienone is 2. The number of carbonyl (C=O) groups excluding carboxylic acids is 2. The second-order valence-corrected chi connectivity index (χ2v) is 9.91. The molecule has 174 valence electrons. The Morgan fingerprint density at radius 1 is 1.06 bits per heavy atom. The number of aliphatic hydroxyl groups is 1. The summed E-state index contributed by atoms with van der Waals surface area (Å²) in [5.74, 6) is -0.577. The van der Waals surface area contributed by atoms with E-state index in [-0.39, 0.29) is 29.1 Å². The van der Waals surface area contributed by atoms with E-state index >= 15 is 0 Å². The average Bonchev–Trinajstić information content (AvgIpc) is 3.23. The molecular weight excluding hydrogens is 446 g/mol. The predicted octanol–water partition coefficient (Wildman–Crippen LogP) is 7.16. The van der Waals surface area contributed by atoms with Gasteiger partial charge in [0.25, 0.3) is 0 Å². The van der Waals surface area contributed by atoms with E-state index in [9.17, 15) is 14.7 Å². The second kappa shape index (κ2) is 9.77. The number of aliphatic hydroxyl groups excluding tert-OH is 1. The Hall–Kier alpha value is -3.51. The van der Waals surface area contributed by atoms with Crippen molar-refractivity contribution in [3.8, 4) is 22.3 Å². The van der Waals surface area contributed by atoms with Gasteiger partial charge in [0.1, 0.15) is 16.3 Å². The van der Waals surface area contributed by atoms with E-state index in [0.717, 1.165) is 22.3 Å². The van der Waals surface area contributed by atoms with Gasteiger partial charge in [-0.15, -0.1) is 11.3 Å². The fourth-order valence-corrected chi connectivity index (χ4v) is 5.01. The third-order valence-corrected chi connectivity index (χ3v) is 6.65. The number of ether oxygens (including phenoxy) is 1. The molecule has 1 N–H and O–H groups in total. The first-order chi connectivity index (χ1) is 16.3. The van der Waals surface area contributed by atoms with Crippen molar-refractivity contribution >= 4 is 34.3 Å². The Morgan fingerprint density at radius 3 is 2.35 bits per heavy atom. The Kier molecular flexibility index (Phi) is 6.80. The molecule has 1 aliphatic carbocycles. The summed E-state index contributed by atoms with van der Waals surface area (Å²) in [4.78, 5) is 29.8. The lowest BCUT2D eigenvalue weighted by Gasteiger charge is -2.28. The quantitative estimate of drug-likeness (QED) is 0.304. The van der Waals surface area contributed by atoms with Crippen LogP contribution in [-0.4, -0.2) is 29.7 Å². The van der Waals surface area contributed by atoms with Crippen LogP contribution in [0.1, 0.15) is 44.0 Å². The Morgan fingerprint density at radius 2 is 1.71 bits per heavy atom. The molecular formula is C28H27NO4S. The monoisotopic (exact) mass is 473 g/mol. The highest BCUT2D eigenvalue weighted by molar-refractivity contribution is 7.14. The van der Waals surface area contributed by atoms with Crippen molar-refractivity contribution in [1.29, 1.82) is 0 Å². The lowest BCUT2D eigenvalue weighted by molar-refractivity contribution is -0.117. The number of thiophene rings is 1. The molecule has 0 aliphatic heterocycles. The number of rotatable bonds is 6. The van der Waals surface area contributed by atoms with Gasteiger partial charge in [-0.05, 0) is 29.0 Å². The summed E-state index contributed by atoms with van der Waals surface area (Å²) >= 11 is 1.30. The first-order valence-corrected chi connectivity index (χ1v) is 12.1. The van der Waals surface area contributed by atoms with Gasteiger partial charge < -0.3 is 9.84 Å². The van der Waals surface area contributed by atoms with E-state index in [1.54, 1.807) is 6.92 Å². The largest absolute Gasteiger partial charge is 0.511 e. The average molecular weight is 474 g/mol. The van der Waals surface area contributed by atoms with Crippen LogP contribution >= 0.6 is 11.3 Å². The van der Waals surface area contributed by atoms with Crippen molar-refractivity contribution in [2.45, 2.75) is 33.6 Å². The Balaban J connectivity index is 1.69. The highest BCUT2D eigenvalue weighted by Gasteiger charge is 2.32. The summed E-state index contributed by atoms with van der Waals surface area (Å²) in [5, 5.41) is 12.7. The molecule has 3 aromatic rings. The topological polar surface area (TPSA) is 76.0 Å². The van der Waals surface area contributed by atoms with Gasteiger partial charge in [0, 0.05) is 30.0 Å². The lowest BCUT2D eigenvalue weighted by Crippen LogP contribution is -2.26. The molecule has 0 amide bonds. The Labute approximate surface area is 203 Å². The zero-order valence-corrected chi connectivity index (χ0v) is 20.3. The summed E-state index contributed by atoms with van der Waals surface area (Å²) in [7, 11) is 0. The molecule has 34 heavy (non-hydrogen) atoms. The minimum Gasteiger partial charge on any atom is -0.511 e. The standard InChI is InChI=1S/C28H27NO4S/c1-4-33-27(32)25-22(20-12-10-19(11-13-20)18-8-6-5-7-9-18)17-34-26(25)29-16-21-23(30)14-28(2,3)15-24(21)31/h5-13,16-17,30H,4,14-15H2,1-3H3. The van der Waals surface area contributed by atoms with Crippen LogP contribution in [0.15, 0.2) is 76.3 Å². The number of esters is 1. The normalized spacial score (nSPS) is 15.7. The van der Waals surface area contributed by atoms with E-state index in [4.69, 9.17) is 4.74 Å². The van der Waals surface area contributed by atoms with Gasteiger partial charge in [0.05, 0.1) is 12.2 Å². The van der Waals surface area contributed by atoms with Gasteiger partial charge in [-0.25, -0.2) is 9.79 Å². The van der Waals surface area contributed by atoms with Crippen molar-refractivity contribution < 1.29 is 19.4 Å². The van der Waals surface area contributed by atoms with E-state index in [1.807, 2.05) is 73.8 Å². The molecule has 4 rings (SSSR count). The molecule has 2 aromatic carbocycles. The van der Waals surface area contributed by atoms with Gasteiger partial charge in [-0.1, -0.05) is 68.4 Å². The predicted molar refractivity (Wildman–Crippen MR) is 137 cm³/mol. The zero-order valence-electron chi connectivity index (χ0n) is 19.5. The highest BCUT2D eigenvalue weighted by atomic mass is 32.1. The van der Waals surface area contributed by atoms with Gasteiger partial charge in [0.2, 0.25) is 0 Å². The van der Waals surface area contributed by atoms with E-state index in [2.05, 4.69) is 4.99 Å². The summed E-state index contributed by atoms with van der Waals surface area (Å²) in [6.45, 7) is 5.89. The highest BCUT2D eigenvalue weighted by Crippen LogP contribution is 2.40. The molecule has 1 aromatic heterocycles. The summed E-state index contributed by atoms with van der Waals surface area (Å²) in [6, 6.07) is 18.1. The molecule has 0 radical (unpaired) electrons. The fraction of sp³-hybridized carbons (Fsp3) is 0.250. The van der Waals surface area contributed by atoms with E-state index in [0.29, 0.717) is 23.4 Å². The smallest absolute Gasteiger partial charge is 0.341 e. The molecule has 0 bridgehead atoms. The van der Waals surface area contributed by atoms with Crippen LogP contribution in [-0.2, 0) is 9.53 Å². The van der Waals surface area contributed by atoms with Crippen LogP contribution in [0.2, 0.25) is 0 Å². The molecule has 1 aliphatic rings. The van der Waals surface area contributed by atoms with Gasteiger partial charge >= 0.3 is 5.97 Å². The molecule has 6 heteroatoms. The maximum absolute atomic E-state index is 12.9. The molecule has 5 nitrogen and oxygen atoms in total. The van der Waals surface area contributed by atoms with E-state index < -0.39 is 5.97 Å². The van der Waals surface area contributed by atoms with Crippen molar-refractivity contribution in [3.05, 3.63) is 76.9 Å². The lowest BCUT2D eigenvalue weighted by atomic mass is 9.77. The van der Waals surface area contributed by atoms with Gasteiger partial charge in [0.15, 0.2) is 5.78 Å². The van der Waals surface area contributed by atoms with Crippen LogP contribution in [0, 0.1) is 5.41 Å². The summed E-state index contributed by atoms with van der Waals surface area (Å²) in [6.07, 6.45) is 2.13. The van der Waals surface area contributed by atoms with Gasteiger partial charge in [-0.3, -0.25) is 4.79 Å². The first kappa shape index (κ1) is 23.6. The molecule has 0 spiro atoms. The zero-order chi connectivity index (χ0) is 24.3. The number of carbonyl (C=O) groups is 2. The van der Waals surface area contributed by atoms with Crippen molar-refractivity contribution in [3.63, 3.8) is 0 Å². The number of ketones is 1. The van der Waals surface area contributed by atoms with Crippen LogP contribution < -0.4 is 0 Å². The van der Waals surface area contributed by atoms with Crippen molar-refractivity contribution in [2.75, 3.05) is 6.61 Å². The van der Waals surface area contributed by atoms with Crippen LogP contribution in [0.5, 0.6) is 0 Å². The SMILES string of the molecule is CCOC(=O)c1c(-c2ccc(-c3ccccc3)cc2)csc1N=CC1=C(O)CC(C)(C)CC1=O. The van der Waals surface area contributed by atoms with Gasteiger partial charge in [-0.2, -0.15) is 0 Å². The van der Waals surface area contributed by atoms with E-state index in [1.165, 1.54) is 17.6 Å². The molecule has 0 fully saturated rings. The number of nitrogens with zero attached hydrogens (tertiary/aromatic N) is 1. The number of benzene rings is 2. The van der Waals surface area contributed by atoms with Crippen LogP contribution in [0.3, 0.4) is 0 Å². The van der Waals surface area contributed by atoms with Crippen LogP contribution in [0.4, 0.5) is 5.00 Å². The van der Waals surface area contributed by atoms with Crippen LogP contribution in [0.25, 0.3) is 22.3 Å². The summed E-state index contributed by atoms with van der Waals surface area (Å²) in [5.41, 5.74) is 4.08. The maximum Gasteiger partial charge on any atom is 0.341 e. The molecule has 0 saturated carbocycles. The number of aliphatic imine (C=N–C) groups is 1. The number of hydrogen-bond donors (Lipinski definition) is 1. The first-order valence-electron chi connectivity index (χ1n) is 11.2. The van der Waals surface area contributed by atoms with Crippen molar-refractivity contribution in [2.24, 2.45) is 10.4 Å². The second-order valence-electron chi connectivity index (χ2n) is 9.05. The summed E-state index contributed by atoms with van der Waals surface area (Å²) < 4.78 is 5.31. The van der Waals surface area contributed by atoms with Crippen molar-refractivity contribution in [1.82, 2.24) is 0 Å². The third kappa shape index (κ3) is 5.02. The molecule has 0 saturated heterocycles. The minimum atomic E-state index is -0.465. The number of hydrogen-bond acceptors (Lipinski definition) is 6. The molecule has 0 atom stereocenters. The Bertz CT molecular complexity index is 1270.